The van der Waals surface area contributed by atoms with Crippen LogP contribution in [0.15, 0.2) is 28.7 Å². The molecule has 0 bridgehead atoms. The highest BCUT2D eigenvalue weighted by atomic mass is 79.9. The van der Waals surface area contributed by atoms with Crippen LogP contribution in [0.3, 0.4) is 0 Å². The summed E-state index contributed by atoms with van der Waals surface area (Å²) >= 11 is 10.8. The van der Waals surface area contributed by atoms with Crippen molar-refractivity contribution in [3.8, 4) is 0 Å². The van der Waals surface area contributed by atoms with Gasteiger partial charge in [0.05, 0.1) is 6.10 Å². The van der Waals surface area contributed by atoms with Crippen LogP contribution in [0.5, 0.6) is 0 Å². The smallest absolute Gasteiger partial charge is 0.107 e. The van der Waals surface area contributed by atoms with Crippen molar-refractivity contribution < 1.29 is 5.11 Å². The Kier molecular flexibility index (Phi) is 4.49. The van der Waals surface area contributed by atoms with Crippen molar-refractivity contribution in [1.82, 2.24) is 0 Å². The Morgan fingerprint density at radius 3 is 2.67 bits per heavy atom. The first-order valence-electron chi connectivity index (χ1n) is 5.66. The van der Waals surface area contributed by atoms with Crippen molar-refractivity contribution in [1.29, 1.82) is 0 Å². The first-order chi connectivity index (χ1) is 8.47. The summed E-state index contributed by atoms with van der Waals surface area (Å²) in [4.78, 5) is 0.896. The van der Waals surface area contributed by atoms with Gasteiger partial charge >= 0.3 is 0 Å². The lowest BCUT2D eigenvalue weighted by Crippen LogP contribution is -2.01. The maximum Gasteiger partial charge on any atom is 0.107 e. The molecule has 2 rings (SSSR count). The molecule has 0 aliphatic rings. The number of aliphatic hydroxyl groups excluding tert-OH is 1. The number of aliphatic hydroxyl groups is 1. The fourth-order valence-corrected chi connectivity index (χ4v) is 3.58. The summed E-state index contributed by atoms with van der Waals surface area (Å²) in [6.45, 7) is 4.13. The van der Waals surface area contributed by atoms with E-state index >= 15 is 0 Å². The van der Waals surface area contributed by atoms with Gasteiger partial charge in [-0.15, -0.1) is 11.3 Å². The van der Waals surface area contributed by atoms with Crippen LogP contribution in [-0.4, -0.2) is 5.11 Å². The average molecular weight is 346 g/mol. The second-order valence-corrected chi connectivity index (χ2v) is 6.96. The molecule has 0 saturated carbocycles. The molecule has 0 aliphatic carbocycles. The predicted octanol–water partition coefficient (Wildman–Crippen LogP) is 5.06. The summed E-state index contributed by atoms with van der Waals surface area (Å²) < 4.78 is 1.54. The van der Waals surface area contributed by atoms with Crippen LogP contribution in [-0.2, 0) is 6.42 Å². The Balaban J connectivity index is 2.20. The van der Waals surface area contributed by atoms with Crippen LogP contribution < -0.4 is 0 Å². The van der Waals surface area contributed by atoms with Gasteiger partial charge in [0.15, 0.2) is 0 Å². The molecule has 0 radical (unpaired) electrons. The molecule has 0 spiro atoms. The number of thiophene rings is 1. The maximum atomic E-state index is 10.3. The van der Waals surface area contributed by atoms with Crippen molar-refractivity contribution in [2.75, 3.05) is 0 Å². The summed E-state index contributed by atoms with van der Waals surface area (Å²) in [5.74, 6) is 0. The van der Waals surface area contributed by atoms with E-state index in [4.69, 9.17) is 11.6 Å². The molecule has 4 heteroatoms. The molecule has 0 amide bonds. The molecule has 1 atom stereocenters. The normalized spacial score (nSPS) is 12.7. The van der Waals surface area contributed by atoms with Crippen molar-refractivity contribution >= 4 is 38.9 Å². The highest BCUT2D eigenvalue weighted by Gasteiger charge is 2.14. The minimum absolute atomic E-state index is 0.501. The van der Waals surface area contributed by atoms with E-state index in [0.717, 1.165) is 9.35 Å². The van der Waals surface area contributed by atoms with E-state index in [-0.39, 0.29) is 0 Å². The Hall–Kier alpha value is -0.350. The van der Waals surface area contributed by atoms with Gasteiger partial charge < -0.3 is 5.11 Å². The van der Waals surface area contributed by atoms with Gasteiger partial charge in [-0.2, -0.15) is 0 Å². The molecule has 0 aliphatic heterocycles. The minimum Gasteiger partial charge on any atom is -0.387 e. The Labute approximate surface area is 125 Å². The van der Waals surface area contributed by atoms with Crippen LogP contribution in [0.2, 0.25) is 4.34 Å². The van der Waals surface area contributed by atoms with Crippen LogP contribution in [0.25, 0.3) is 0 Å². The summed E-state index contributed by atoms with van der Waals surface area (Å²) in [6.07, 6.45) is 0.121. The molecule has 1 aromatic carbocycles. The number of hydrogen-bond donors (Lipinski definition) is 1. The first-order valence-corrected chi connectivity index (χ1v) is 7.65. The Morgan fingerprint density at radius 2 is 2.06 bits per heavy atom. The lowest BCUT2D eigenvalue weighted by molar-refractivity contribution is 0.182. The van der Waals surface area contributed by atoms with Crippen LogP contribution in [0.1, 0.15) is 27.7 Å². The van der Waals surface area contributed by atoms with Gasteiger partial charge in [-0.25, -0.2) is 0 Å². The molecule has 1 N–H and O–H groups in total. The number of rotatable bonds is 3. The van der Waals surface area contributed by atoms with Crippen molar-refractivity contribution in [2.24, 2.45) is 0 Å². The second kappa shape index (κ2) is 5.74. The standard InChI is InChI=1S/C14H14BrClOS/c1-8-3-4-9(2)10(5-8)6-12(17)13-7-11(15)14(16)18-13/h3-5,7,12,17H,6H2,1-2H3. The van der Waals surface area contributed by atoms with Crippen LogP contribution in [0.4, 0.5) is 0 Å². The molecule has 1 unspecified atom stereocenters. The largest absolute Gasteiger partial charge is 0.387 e. The van der Waals surface area contributed by atoms with E-state index in [9.17, 15) is 5.11 Å². The van der Waals surface area contributed by atoms with E-state index < -0.39 is 6.10 Å². The number of halogens is 2. The van der Waals surface area contributed by atoms with Gasteiger partial charge in [-0.05, 0) is 47.0 Å². The molecule has 96 valence electrons. The second-order valence-electron chi connectivity index (χ2n) is 4.42. The average Bonchev–Trinajstić information content (AvgIpc) is 2.64. The number of hydrogen-bond acceptors (Lipinski definition) is 2. The van der Waals surface area contributed by atoms with E-state index in [1.54, 1.807) is 0 Å². The minimum atomic E-state index is -0.501. The zero-order valence-corrected chi connectivity index (χ0v) is 13.4. The van der Waals surface area contributed by atoms with Gasteiger partial charge in [-0.1, -0.05) is 35.4 Å². The maximum absolute atomic E-state index is 10.3. The molecular formula is C14H14BrClOS. The van der Waals surface area contributed by atoms with Gasteiger partial charge in [0, 0.05) is 15.8 Å². The first kappa shape index (κ1) is 14.1. The highest BCUT2D eigenvalue weighted by Crippen LogP contribution is 2.36. The summed E-state index contributed by atoms with van der Waals surface area (Å²) in [7, 11) is 0. The fraction of sp³-hybridized carbons (Fsp3) is 0.286. The SMILES string of the molecule is Cc1ccc(C)c(CC(O)c2cc(Br)c(Cl)s2)c1. The lowest BCUT2D eigenvalue weighted by Gasteiger charge is -2.11. The van der Waals surface area contributed by atoms with Crippen LogP contribution >= 0.6 is 38.9 Å². The third kappa shape index (κ3) is 3.15. The van der Waals surface area contributed by atoms with E-state index in [2.05, 4.69) is 48.0 Å². The predicted molar refractivity (Wildman–Crippen MR) is 81.6 cm³/mol. The number of aryl methyl sites for hydroxylation is 2. The summed E-state index contributed by atoms with van der Waals surface area (Å²) in [6, 6.07) is 8.20. The van der Waals surface area contributed by atoms with Gasteiger partial charge in [-0.3, -0.25) is 0 Å². The topological polar surface area (TPSA) is 20.2 Å². The molecule has 18 heavy (non-hydrogen) atoms. The highest BCUT2D eigenvalue weighted by molar-refractivity contribution is 9.10. The Bertz CT molecular complexity index is 545. The van der Waals surface area contributed by atoms with Crippen LogP contribution in [0, 0.1) is 13.8 Å². The fourth-order valence-electron chi connectivity index (χ4n) is 1.86. The van der Waals surface area contributed by atoms with Crippen molar-refractivity contribution in [2.45, 2.75) is 26.4 Å². The van der Waals surface area contributed by atoms with E-state index in [0.29, 0.717) is 10.8 Å². The quantitative estimate of drug-likeness (QED) is 0.824. The summed E-state index contributed by atoms with van der Waals surface area (Å²) in [5, 5.41) is 10.3. The zero-order valence-electron chi connectivity index (χ0n) is 10.2. The van der Waals surface area contributed by atoms with Gasteiger partial charge in [0.1, 0.15) is 4.34 Å². The summed E-state index contributed by atoms with van der Waals surface area (Å²) in [5.41, 5.74) is 3.61. The molecule has 1 heterocycles. The lowest BCUT2D eigenvalue weighted by atomic mass is 10.00. The van der Waals surface area contributed by atoms with E-state index in [1.165, 1.54) is 28.0 Å². The monoisotopic (exact) mass is 344 g/mol. The Morgan fingerprint density at radius 1 is 1.33 bits per heavy atom. The molecule has 1 aromatic heterocycles. The molecule has 0 fully saturated rings. The van der Waals surface area contributed by atoms with Crippen molar-refractivity contribution in [3.05, 3.63) is 54.6 Å². The molecular weight excluding hydrogens is 332 g/mol. The molecule has 1 nitrogen and oxygen atoms in total. The van der Waals surface area contributed by atoms with E-state index in [1.807, 2.05) is 6.07 Å². The van der Waals surface area contributed by atoms with Gasteiger partial charge in [0.2, 0.25) is 0 Å². The third-order valence-electron chi connectivity index (χ3n) is 2.91. The zero-order chi connectivity index (χ0) is 13.3. The van der Waals surface area contributed by atoms with Crippen molar-refractivity contribution in [3.63, 3.8) is 0 Å². The van der Waals surface area contributed by atoms with Gasteiger partial charge in [0.25, 0.3) is 0 Å². The third-order valence-corrected chi connectivity index (χ3v) is 5.49. The number of benzene rings is 1. The molecule has 2 aromatic rings. The molecule has 0 saturated heterocycles.